The molecule has 0 aliphatic heterocycles. The first kappa shape index (κ1) is 21.5. The maximum Gasteiger partial charge on any atom is 0.272 e. The summed E-state index contributed by atoms with van der Waals surface area (Å²) >= 11 is 6.23. The van der Waals surface area contributed by atoms with Crippen LogP contribution in [0.1, 0.15) is 41.0 Å². The highest BCUT2D eigenvalue weighted by Crippen LogP contribution is 2.36. The molecule has 0 spiro atoms. The third-order valence-corrected chi connectivity index (χ3v) is 4.12. The molecular formula is C20H22ClFN2O4. The van der Waals surface area contributed by atoms with Gasteiger partial charge in [-0.05, 0) is 36.6 Å². The minimum atomic E-state index is -0.779. The molecule has 2 aromatic rings. The fourth-order valence-electron chi connectivity index (χ4n) is 2.29. The van der Waals surface area contributed by atoms with Crippen molar-refractivity contribution in [2.45, 2.75) is 20.3 Å². The molecule has 2 N–H and O–H groups in total. The first-order valence-corrected chi connectivity index (χ1v) is 9.06. The number of amides is 2. The van der Waals surface area contributed by atoms with E-state index in [1.165, 1.54) is 37.4 Å². The van der Waals surface area contributed by atoms with Gasteiger partial charge in [0.1, 0.15) is 5.82 Å². The number of methoxy groups -OCH3 is 1. The highest BCUT2D eigenvalue weighted by molar-refractivity contribution is 6.32. The molecule has 0 fully saturated rings. The monoisotopic (exact) mass is 408 g/mol. The van der Waals surface area contributed by atoms with Crippen LogP contribution < -0.4 is 20.3 Å². The molecule has 0 radical (unpaired) electrons. The Labute approximate surface area is 167 Å². The summed E-state index contributed by atoms with van der Waals surface area (Å²) in [7, 11) is 1.43. The lowest BCUT2D eigenvalue weighted by Gasteiger charge is -2.15. The van der Waals surface area contributed by atoms with E-state index >= 15 is 0 Å². The Bertz CT molecular complexity index is 858. The summed E-state index contributed by atoms with van der Waals surface area (Å²) in [6, 6.07) is 8.28. The van der Waals surface area contributed by atoms with Crippen LogP contribution in [0.15, 0.2) is 36.4 Å². The first-order chi connectivity index (χ1) is 13.3. The van der Waals surface area contributed by atoms with Crippen LogP contribution in [0.4, 0.5) is 4.39 Å². The van der Waals surface area contributed by atoms with Gasteiger partial charge in [0.25, 0.3) is 11.8 Å². The van der Waals surface area contributed by atoms with Gasteiger partial charge in [-0.3, -0.25) is 20.4 Å². The van der Waals surface area contributed by atoms with Gasteiger partial charge in [0.15, 0.2) is 11.5 Å². The second-order valence-electron chi connectivity index (χ2n) is 6.41. The molecule has 2 aromatic carbocycles. The lowest BCUT2D eigenvalue weighted by atomic mass is 10.1. The number of hydrogen-bond acceptors (Lipinski definition) is 4. The third-order valence-electron chi connectivity index (χ3n) is 3.84. The maximum atomic E-state index is 13.6. The molecule has 2 amide bonds. The topological polar surface area (TPSA) is 76.7 Å². The summed E-state index contributed by atoms with van der Waals surface area (Å²) < 4.78 is 24.5. The van der Waals surface area contributed by atoms with Crippen molar-refractivity contribution in [2.24, 2.45) is 5.92 Å². The summed E-state index contributed by atoms with van der Waals surface area (Å²) in [5.74, 6) is -1.01. The second kappa shape index (κ2) is 9.94. The molecular weight excluding hydrogens is 387 g/mol. The molecule has 2 rings (SSSR count). The summed E-state index contributed by atoms with van der Waals surface area (Å²) in [5, 5.41) is 0.202. The average Bonchev–Trinajstić information content (AvgIpc) is 2.66. The molecule has 150 valence electrons. The predicted octanol–water partition coefficient (Wildman–Crippen LogP) is 3.99. The molecule has 8 heteroatoms. The normalized spacial score (nSPS) is 10.5. The number of hydrogen-bond donors (Lipinski definition) is 2. The highest BCUT2D eigenvalue weighted by atomic mass is 35.5. The minimum Gasteiger partial charge on any atom is -0.493 e. The Hall–Kier alpha value is -2.80. The fraction of sp³-hybridized carbons (Fsp3) is 0.300. The van der Waals surface area contributed by atoms with Gasteiger partial charge in [-0.1, -0.05) is 37.6 Å². The summed E-state index contributed by atoms with van der Waals surface area (Å²) in [6.45, 7) is 4.61. The summed E-state index contributed by atoms with van der Waals surface area (Å²) in [4.78, 5) is 24.3. The largest absolute Gasteiger partial charge is 0.493 e. The van der Waals surface area contributed by atoms with Crippen LogP contribution >= 0.6 is 11.6 Å². The smallest absolute Gasteiger partial charge is 0.272 e. The van der Waals surface area contributed by atoms with Gasteiger partial charge in [-0.25, -0.2) is 4.39 Å². The van der Waals surface area contributed by atoms with E-state index in [2.05, 4.69) is 24.7 Å². The molecule has 0 aromatic heterocycles. The van der Waals surface area contributed by atoms with Gasteiger partial charge < -0.3 is 9.47 Å². The van der Waals surface area contributed by atoms with E-state index in [0.717, 1.165) is 12.5 Å². The zero-order valence-electron chi connectivity index (χ0n) is 15.8. The first-order valence-electron chi connectivity index (χ1n) is 8.69. The lowest BCUT2D eigenvalue weighted by Crippen LogP contribution is -2.41. The zero-order chi connectivity index (χ0) is 20.7. The van der Waals surface area contributed by atoms with Gasteiger partial charge >= 0.3 is 0 Å². The van der Waals surface area contributed by atoms with Crippen molar-refractivity contribution in [3.63, 3.8) is 0 Å². The molecule has 0 unspecified atom stereocenters. The Morgan fingerprint density at radius 2 is 1.82 bits per heavy atom. The van der Waals surface area contributed by atoms with Crippen LogP contribution in [-0.4, -0.2) is 25.5 Å². The van der Waals surface area contributed by atoms with Crippen LogP contribution in [0, 0.1) is 11.7 Å². The Morgan fingerprint density at radius 1 is 1.14 bits per heavy atom. The maximum absolute atomic E-state index is 13.6. The molecule has 0 aliphatic rings. The Morgan fingerprint density at radius 3 is 2.46 bits per heavy atom. The molecule has 6 nitrogen and oxygen atoms in total. The third kappa shape index (κ3) is 5.60. The van der Waals surface area contributed by atoms with Gasteiger partial charge in [-0.15, -0.1) is 0 Å². The van der Waals surface area contributed by atoms with Crippen molar-refractivity contribution < 1.29 is 23.5 Å². The van der Waals surface area contributed by atoms with Crippen molar-refractivity contribution in [1.82, 2.24) is 10.9 Å². The van der Waals surface area contributed by atoms with E-state index in [0.29, 0.717) is 24.0 Å². The van der Waals surface area contributed by atoms with Gasteiger partial charge in [0, 0.05) is 5.56 Å². The molecule has 0 bridgehead atoms. The van der Waals surface area contributed by atoms with Crippen molar-refractivity contribution in [3.8, 4) is 11.5 Å². The van der Waals surface area contributed by atoms with E-state index in [1.807, 2.05) is 0 Å². The lowest BCUT2D eigenvalue weighted by molar-refractivity contribution is 0.0844. The zero-order valence-corrected chi connectivity index (χ0v) is 16.6. The van der Waals surface area contributed by atoms with Gasteiger partial charge in [0.05, 0.1) is 24.3 Å². The molecule has 0 saturated heterocycles. The number of benzene rings is 2. The Balaban J connectivity index is 2.07. The van der Waals surface area contributed by atoms with E-state index < -0.39 is 17.6 Å². The SMILES string of the molecule is COc1cc(C(=O)NNC(=O)c2ccccc2F)cc(Cl)c1OCCC(C)C. The molecule has 28 heavy (non-hydrogen) atoms. The average molecular weight is 409 g/mol. The van der Waals surface area contributed by atoms with Crippen LogP contribution in [0.25, 0.3) is 0 Å². The van der Waals surface area contributed by atoms with Gasteiger partial charge in [0.2, 0.25) is 0 Å². The second-order valence-corrected chi connectivity index (χ2v) is 6.82. The van der Waals surface area contributed by atoms with Crippen molar-refractivity contribution in [3.05, 3.63) is 58.4 Å². The molecule has 0 heterocycles. The summed E-state index contributed by atoms with van der Waals surface area (Å²) in [6.07, 6.45) is 0.837. The van der Waals surface area contributed by atoms with Gasteiger partial charge in [-0.2, -0.15) is 0 Å². The van der Waals surface area contributed by atoms with E-state index in [1.54, 1.807) is 0 Å². The number of nitrogens with one attached hydrogen (secondary N) is 2. The van der Waals surface area contributed by atoms with Crippen LogP contribution in [0.3, 0.4) is 0 Å². The van der Waals surface area contributed by atoms with E-state index in [9.17, 15) is 14.0 Å². The standard InChI is InChI=1S/C20H22ClFN2O4/c1-12(2)8-9-28-18-15(21)10-13(11-17(18)27-3)19(25)23-24-20(26)14-6-4-5-7-16(14)22/h4-7,10-12H,8-9H2,1-3H3,(H,23,25)(H,24,26). The quantitative estimate of drug-likeness (QED) is 0.679. The fourth-order valence-corrected chi connectivity index (χ4v) is 2.55. The summed E-state index contributed by atoms with van der Waals surface area (Å²) in [5.41, 5.74) is 4.34. The van der Waals surface area contributed by atoms with Crippen molar-refractivity contribution >= 4 is 23.4 Å². The highest BCUT2D eigenvalue weighted by Gasteiger charge is 2.17. The number of halogens is 2. The number of hydrazine groups is 1. The van der Waals surface area contributed by atoms with E-state index in [-0.39, 0.29) is 16.1 Å². The van der Waals surface area contributed by atoms with Crippen LogP contribution in [0.2, 0.25) is 5.02 Å². The molecule has 0 atom stereocenters. The molecule has 0 saturated carbocycles. The van der Waals surface area contributed by atoms with Crippen LogP contribution in [0.5, 0.6) is 11.5 Å². The van der Waals surface area contributed by atoms with Crippen molar-refractivity contribution in [2.75, 3.05) is 13.7 Å². The van der Waals surface area contributed by atoms with E-state index in [4.69, 9.17) is 21.1 Å². The number of rotatable bonds is 7. The molecule has 0 aliphatic carbocycles. The van der Waals surface area contributed by atoms with Crippen molar-refractivity contribution in [1.29, 1.82) is 0 Å². The number of carbonyl (C=O) groups is 2. The Kier molecular flexibility index (Phi) is 7.63. The number of carbonyl (C=O) groups excluding carboxylic acids is 2. The minimum absolute atomic E-state index is 0.145. The number of ether oxygens (including phenoxy) is 2. The van der Waals surface area contributed by atoms with Crippen LogP contribution in [-0.2, 0) is 0 Å². The predicted molar refractivity (Wildman–Crippen MR) is 104 cm³/mol.